The summed E-state index contributed by atoms with van der Waals surface area (Å²) in [6, 6.07) is 0. The van der Waals surface area contributed by atoms with E-state index >= 15 is 0 Å². The topological polar surface area (TPSA) is 79.3 Å². The highest BCUT2D eigenvalue weighted by Crippen LogP contribution is 2.19. The van der Waals surface area contributed by atoms with E-state index in [1.807, 2.05) is 7.05 Å². The van der Waals surface area contributed by atoms with Crippen molar-refractivity contribution < 1.29 is 9.84 Å². The molecule has 1 aromatic rings. The lowest BCUT2D eigenvalue weighted by Gasteiger charge is -2.12. The number of aromatic nitrogens is 2. The normalized spacial score (nSPS) is 10.4. The first-order chi connectivity index (χ1) is 8.83. The summed E-state index contributed by atoms with van der Waals surface area (Å²) in [6.45, 7) is 3.98. The Bertz CT molecular complexity index is 347. The maximum atomic E-state index is 8.56. The molecule has 102 valence electrons. The molecule has 0 saturated carbocycles. The molecule has 0 saturated heterocycles. The third-order valence-corrected chi connectivity index (χ3v) is 2.53. The third kappa shape index (κ3) is 4.46. The number of aliphatic hydroxyl groups is 1. The first-order valence-electron chi connectivity index (χ1n) is 6.27. The fourth-order valence-corrected chi connectivity index (χ4v) is 1.66. The van der Waals surface area contributed by atoms with E-state index in [1.54, 1.807) is 6.33 Å². The van der Waals surface area contributed by atoms with Crippen LogP contribution in [-0.4, -0.2) is 48.5 Å². The first-order valence-corrected chi connectivity index (χ1v) is 6.27. The number of nitrogens with zero attached hydrogens (tertiary/aromatic N) is 2. The van der Waals surface area contributed by atoms with Gasteiger partial charge in [0.1, 0.15) is 18.0 Å². The second kappa shape index (κ2) is 8.66. The minimum absolute atomic E-state index is 0.0743. The van der Waals surface area contributed by atoms with E-state index in [2.05, 4.69) is 27.5 Å². The van der Waals surface area contributed by atoms with Crippen molar-refractivity contribution in [3.63, 3.8) is 0 Å². The van der Waals surface area contributed by atoms with Crippen LogP contribution in [0.3, 0.4) is 0 Å². The van der Waals surface area contributed by atoms with Crippen molar-refractivity contribution in [1.29, 1.82) is 0 Å². The molecule has 3 N–H and O–H groups in total. The van der Waals surface area contributed by atoms with Gasteiger partial charge >= 0.3 is 0 Å². The molecule has 0 radical (unpaired) electrons. The van der Waals surface area contributed by atoms with Crippen molar-refractivity contribution >= 4 is 11.6 Å². The van der Waals surface area contributed by atoms with E-state index in [0.29, 0.717) is 13.2 Å². The number of aliphatic hydroxyl groups excluding tert-OH is 1. The van der Waals surface area contributed by atoms with Gasteiger partial charge in [-0.3, -0.25) is 0 Å². The molecule has 0 aliphatic rings. The van der Waals surface area contributed by atoms with Gasteiger partial charge < -0.3 is 20.5 Å². The zero-order valence-corrected chi connectivity index (χ0v) is 11.1. The quantitative estimate of drug-likeness (QED) is 0.568. The molecule has 1 heterocycles. The number of anilines is 2. The summed E-state index contributed by atoms with van der Waals surface area (Å²) in [5.74, 6) is 1.74. The van der Waals surface area contributed by atoms with E-state index < -0.39 is 0 Å². The summed E-state index contributed by atoms with van der Waals surface area (Å²) >= 11 is 0. The van der Waals surface area contributed by atoms with Crippen LogP contribution in [0.2, 0.25) is 0 Å². The molecule has 0 aromatic carbocycles. The molecule has 1 aromatic heterocycles. The lowest BCUT2D eigenvalue weighted by atomic mass is 10.2. The first kappa shape index (κ1) is 14.7. The van der Waals surface area contributed by atoms with Crippen LogP contribution in [0.15, 0.2) is 6.33 Å². The predicted octanol–water partition coefficient (Wildman–Crippen LogP) is 0.892. The van der Waals surface area contributed by atoms with Crippen molar-refractivity contribution in [1.82, 2.24) is 9.97 Å². The zero-order valence-electron chi connectivity index (χ0n) is 11.1. The Morgan fingerprint density at radius 3 is 2.72 bits per heavy atom. The molecular weight excluding hydrogens is 232 g/mol. The van der Waals surface area contributed by atoms with Gasteiger partial charge in [-0.05, 0) is 12.8 Å². The molecule has 0 amide bonds. The molecule has 0 aliphatic heterocycles. The van der Waals surface area contributed by atoms with E-state index in [4.69, 9.17) is 9.84 Å². The molecule has 6 nitrogen and oxygen atoms in total. The van der Waals surface area contributed by atoms with E-state index in [9.17, 15) is 0 Å². The van der Waals surface area contributed by atoms with Gasteiger partial charge in [0, 0.05) is 25.8 Å². The molecule has 0 unspecified atom stereocenters. The summed E-state index contributed by atoms with van der Waals surface area (Å²) in [6.07, 6.45) is 3.30. The number of hydrogen-bond acceptors (Lipinski definition) is 6. The van der Waals surface area contributed by atoms with Crippen molar-refractivity contribution in [2.24, 2.45) is 0 Å². The molecular formula is C12H22N4O2. The Labute approximate surface area is 108 Å². The van der Waals surface area contributed by atoms with Gasteiger partial charge in [-0.1, -0.05) is 6.92 Å². The summed E-state index contributed by atoms with van der Waals surface area (Å²) < 4.78 is 5.19. The van der Waals surface area contributed by atoms with Gasteiger partial charge in [0.2, 0.25) is 0 Å². The summed E-state index contributed by atoms with van der Waals surface area (Å²) in [4.78, 5) is 8.43. The Morgan fingerprint density at radius 2 is 2.06 bits per heavy atom. The van der Waals surface area contributed by atoms with Crippen LogP contribution in [0.1, 0.15) is 18.9 Å². The predicted molar refractivity (Wildman–Crippen MR) is 72.0 cm³/mol. The molecule has 0 fully saturated rings. The van der Waals surface area contributed by atoms with Crippen LogP contribution in [0, 0.1) is 0 Å². The van der Waals surface area contributed by atoms with Crippen LogP contribution in [0.25, 0.3) is 0 Å². The highest BCUT2D eigenvalue weighted by Gasteiger charge is 2.07. The van der Waals surface area contributed by atoms with Gasteiger partial charge in [0.05, 0.1) is 13.2 Å². The highest BCUT2D eigenvalue weighted by atomic mass is 16.5. The molecule has 18 heavy (non-hydrogen) atoms. The van der Waals surface area contributed by atoms with Crippen molar-refractivity contribution in [3.8, 4) is 0 Å². The minimum Gasteiger partial charge on any atom is -0.394 e. The van der Waals surface area contributed by atoms with Gasteiger partial charge in [0.15, 0.2) is 0 Å². The molecule has 1 rings (SSSR count). The Balaban J connectivity index is 2.41. The van der Waals surface area contributed by atoms with Gasteiger partial charge in [0.25, 0.3) is 0 Å². The number of rotatable bonds is 9. The van der Waals surface area contributed by atoms with Gasteiger partial charge in [-0.25, -0.2) is 9.97 Å². The smallest absolute Gasteiger partial charge is 0.134 e. The Morgan fingerprint density at radius 1 is 1.28 bits per heavy atom. The summed E-state index contributed by atoms with van der Waals surface area (Å²) in [7, 11) is 1.86. The second-order valence-corrected chi connectivity index (χ2v) is 3.77. The maximum absolute atomic E-state index is 8.56. The van der Waals surface area contributed by atoms with Gasteiger partial charge in [-0.2, -0.15) is 0 Å². The fraction of sp³-hybridized carbons (Fsp3) is 0.667. The molecule has 0 bridgehead atoms. The van der Waals surface area contributed by atoms with Crippen LogP contribution in [0.5, 0.6) is 0 Å². The zero-order chi connectivity index (χ0) is 13.2. The highest BCUT2D eigenvalue weighted by molar-refractivity contribution is 5.56. The van der Waals surface area contributed by atoms with Crippen LogP contribution in [-0.2, 0) is 11.2 Å². The van der Waals surface area contributed by atoms with Crippen molar-refractivity contribution in [2.45, 2.75) is 19.8 Å². The Kier molecular flexibility index (Phi) is 7.05. The Hall–Kier alpha value is -1.40. The summed E-state index contributed by atoms with van der Waals surface area (Å²) in [5.41, 5.74) is 1.09. The van der Waals surface area contributed by atoms with Crippen molar-refractivity contribution in [2.75, 3.05) is 44.0 Å². The minimum atomic E-state index is 0.0743. The largest absolute Gasteiger partial charge is 0.394 e. The van der Waals surface area contributed by atoms with E-state index in [0.717, 1.165) is 36.6 Å². The van der Waals surface area contributed by atoms with Gasteiger partial charge in [-0.15, -0.1) is 0 Å². The van der Waals surface area contributed by atoms with Crippen LogP contribution >= 0.6 is 0 Å². The maximum Gasteiger partial charge on any atom is 0.134 e. The van der Waals surface area contributed by atoms with Crippen LogP contribution < -0.4 is 10.6 Å². The lowest BCUT2D eigenvalue weighted by molar-refractivity contribution is 0.0922. The molecule has 6 heteroatoms. The van der Waals surface area contributed by atoms with E-state index in [-0.39, 0.29) is 6.61 Å². The SMILES string of the molecule is CCc1c(NC)ncnc1NCCCOCCO. The number of hydrogen-bond donors (Lipinski definition) is 3. The van der Waals surface area contributed by atoms with Crippen molar-refractivity contribution in [3.05, 3.63) is 11.9 Å². The molecule has 0 spiro atoms. The second-order valence-electron chi connectivity index (χ2n) is 3.77. The lowest BCUT2D eigenvalue weighted by Crippen LogP contribution is -2.11. The number of nitrogens with one attached hydrogen (secondary N) is 2. The average Bonchev–Trinajstić information content (AvgIpc) is 2.42. The fourth-order valence-electron chi connectivity index (χ4n) is 1.66. The molecule has 0 atom stereocenters. The van der Waals surface area contributed by atoms with Crippen LogP contribution in [0.4, 0.5) is 11.6 Å². The standard InChI is InChI=1S/C12H22N4O2/c1-3-10-11(13-2)15-9-16-12(10)14-5-4-7-18-8-6-17/h9,17H,3-8H2,1-2H3,(H2,13,14,15,16). The summed E-state index contributed by atoms with van der Waals surface area (Å²) in [5, 5.41) is 14.9. The van der Waals surface area contributed by atoms with E-state index in [1.165, 1.54) is 0 Å². The average molecular weight is 254 g/mol. The molecule has 0 aliphatic carbocycles. The number of ether oxygens (including phenoxy) is 1. The third-order valence-electron chi connectivity index (χ3n) is 2.53. The monoisotopic (exact) mass is 254 g/mol.